The third-order valence-corrected chi connectivity index (χ3v) is 6.01. The van der Waals surface area contributed by atoms with Crippen molar-refractivity contribution in [3.63, 3.8) is 0 Å². The number of hydrogen-bond acceptors (Lipinski definition) is 3. The van der Waals surface area contributed by atoms with Crippen LogP contribution in [0.1, 0.15) is 32.6 Å². The van der Waals surface area contributed by atoms with Crippen molar-refractivity contribution in [1.29, 1.82) is 0 Å². The van der Waals surface area contributed by atoms with Gasteiger partial charge in [0.25, 0.3) is 0 Å². The maximum absolute atomic E-state index is 13.4. The van der Waals surface area contributed by atoms with Gasteiger partial charge in [0.2, 0.25) is 0 Å². The molecule has 0 radical (unpaired) electrons. The highest BCUT2D eigenvalue weighted by molar-refractivity contribution is 5.71. The van der Waals surface area contributed by atoms with Gasteiger partial charge >= 0.3 is 0 Å². The number of aromatic nitrogens is 3. The van der Waals surface area contributed by atoms with Gasteiger partial charge in [-0.15, -0.1) is 0 Å². The van der Waals surface area contributed by atoms with E-state index in [-0.39, 0.29) is 5.82 Å². The number of nitrogens with zero attached hydrogens (tertiary/aromatic N) is 4. The van der Waals surface area contributed by atoms with Crippen LogP contribution in [0.2, 0.25) is 0 Å². The Balaban J connectivity index is 1.69. The topological polar surface area (TPSA) is 33.4 Å². The van der Waals surface area contributed by atoms with Crippen molar-refractivity contribution in [2.45, 2.75) is 38.6 Å². The zero-order chi connectivity index (χ0) is 20.5. The first kappa shape index (κ1) is 18.8. The molecule has 1 saturated heterocycles. The molecule has 1 aliphatic rings. The Morgan fingerprint density at radius 3 is 2.47 bits per heavy atom. The quantitative estimate of drug-likeness (QED) is 0.423. The second-order valence-corrected chi connectivity index (χ2v) is 7.92. The molecule has 4 nitrogen and oxygen atoms in total. The Hall–Kier alpha value is -3.21. The van der Waals surface area contributed by atoms with Crippen molar-refractivity contribution in [1.82, 2.24) is 14.6 Å². The average Bonchev–Trinajstić information content (AvgIpc) is 3.23. The van der Waals surface area contributed by atoms with Crippen molar-refractivity contribution in [2.24, 2.45) is 0 Å². The van der Waals surface area contributed by atoms with Gasteiger partial charge in [-0.2, -0.15) is 9.61 Å². The van der Waals surface area contributed by atoms with Gasteiger partial charge in [0.05, 0.1) is 11.4 Å². The number of fused-ring (bicyclic) bond motifs is 1. The van der Waals surface area contributed by atoms with E-state index in [2.05, 4.69) is 30.0 Å². The lowest BCUT2D eigenvalue weighted by atomic mass is 10.00. The van der Waals surface area contributed by atoms with Crippen molar-refractivity contribution in [3.8, 4) is 22.5 Å². The molecule has 2 aromatic heterocycles. The Kier molecular flexibility index (Phi) is 4.95. The van der Waals surface area contributed by atoms with Crippen LogP contribution in [0.3, 0.4) is 0 Å². The molecule has 3 heterocycles. The fourth-order valence-electron chi connectivity index (χ4n) is 4.41. The minimum Gasteiger partial charge on any atom is -0.353 e. The largest absolute Gasteiger partial charge is 0.353 e. The van der Waals surface area contributed by atoms with Gasteiger partial charge in [0, 0.05) is 35.8 Å². The van der Waals surface area contributed by atoms with E-state index in [9.17, 15) is 4.39 Å². The fraction of sp³-hybridized carbons (Fsp3) is 0.280. The molecule has 0 spiro atoms. The highest BCUT2D eigenvalue weighted by Crippen LogP contribution is 2.31. The molecule has 30 heavy (non-hydrogen) atoms. The molecule has 5 rings (SSSR count). The molecule has 0 amide bonds. The lowest BCUT2D eigenvalue weighted by Gasteiger charge is -2.37. The van der Waals surface area contributed by atoms with Crippen LogP contribution in [0.5, 0.6) is 0 Å². The Morgan fingerprint density at radius 2 is 1.70 bits per heavy atom. The summed E-state index contributed by atoms with van der Waals surface area (Å²) in [5, 5.41) is 4.88. The van der Waals surface area contributed by atoms with E-state index in [1.165, 1.54) is 31.4 Å². The molecule has 152 valence electrons. The SMILES string of the molecule is CCC1CCCCN1c1cc(-c2ccccc2)nc2cc(-c3ccc(F)cc3)nn12. The molecular weight excluding hydrogens is 375 g/mol. The van der Waals surface area contributed by atoms with Gasteiger partial charge in [-0.25, -0.2) is 9.37 Å². The minimum atomic E-state index is -0.244. The van der Waals surface area contributed by atoms with Crippen molar-refractivity contribution >= 4 is 11.5 Å². The summed E-state index contributed by atoms with van der Waals surface area (Å²) in [7, 11) is 0. The number of anilines is 1. The predicted molar refractivity (Wildman–Crippen MR) is 119 cm³/mol. The van der Waals surface area contributed by atoms with Gasteiger partial charge in [0.1, 0.15) is 11.6 Å². The van der Waals surface area contributed by atoms with Crippen LogP contribution in [0.4, 0.5) is 10.2 Å². The van der Waals surface area contributed by atoms with E-state index < -0.39 is 0 Å². The van der Waals surface area contributed by atoms with E-state index in [4.69, 9.17) is 10.1 Å². The second-order valence-electron chi connectivity index (χ2n) is 7.92. The summed E-state index contributed by atoms with van der Waals surface area (Å²) in [6.45, 7) is 3.28. The van der Waals surface area contributed by atoms with Crippen LogP contribution in [0.25, 0.3) is 28.2 Å². The second kappa shape index (κ2) is 7.90. The first-order valence-electron chi connectivity index (χ1n) is 10.7. The zero-order valence-electron chi connectivity index (χ0n) is 17.1. The lowest BCUT2D eigenvalue weighted by Crippen LogP contribution is -2.40. The third-order valence-electron chi connectivity index (χ3n) is 6.01. The van der Waals surface area contributed by atoms with E-state index >= 15 is 0 Å². The first-order chi connectivity index (χ1) is 14.7. The maximum Gasteiger partial charge on any atom is 0.158 e. The highest BCUT2D eigenvalue weighted by Gasteiger charge is 2.25. The first-order valence-corrected chi connectivity index (χ1v) is 10.7. The number of piperidine rings is 1. The Labute approximate surface area is 176 Å². The van der Waals surface area contributed by atoms with Crippen LogP contribution in [-0.4, -0.2) is 27.2 Å². The van der Waals surface area contributed by atoms with Crippen LogP contribution < -0.4 is 4.90 Å². The molecule has 0 N–H and O–H groups in total. The molecule has 0 saturated carbocycles. The summed E-state index contributed by atoms with van der Waals surface area (Å²) in [6, 6.07) is 21.4. The third kappa shape index (κ3) is 3.45. The molecule has 0 aliphatic carbocycles. The molecule has 1 fully saturated rings. The number of benzene rings is 2. The van der Waals surface area contributed by atoms with Gasteiger partial charge in [0.15, 0.2) is 5.65 Å². The number of rotatable bonds is 4. The van der Waals surface area contributed by atoms with Crippen LogP contribution in [0, 0.1) is 5.82 Å². The van der Waals surface area contributed by atoms with Gasteiger partial charge < -0.3 is 4.90 Å². The molecule has 0 bridgehead atoms. The van der Waals surface area contributed by atoms with Gasteiger partial charge in [-0.1, -0.05) is 37.3 Å². The van der Waals surface area contributed by atoms with Gasteiger partial charge in [-0.05, 0) is 49.9 Å². The molecule has 1 aliphatic heterocycles. The summed E-state index contributed by atoms with van der Waals surface area (Å²) in [5.74, 6) is 0.838. The standard InChI is InChI=1S/C25H25FN4/c1-2-21-10-6-7-15-29(21)25-17-22(18-8-4-3-5-9-18)27-24-16-23(28-30(24)25)19-11-13-20(26)14-12-19/h3-5,8-9,11-14,16-17,21H,2,6-7,10,15H2,1H3. The van der Waals surface area contributed by atoms with E-state index in [1.54, 1.807) is 12.1 Å². The fourth-order valence-corrected chi connectivity index (χ4v) is 4.41. The Bertz CT molecular complexity index is 1150. The summed E-state index contributed by atoms with van der Waals surface area (Å²) in [6.07, 6.45) is 4.77. The highest BCUT2D eigenvalue weighted by atomic mass is 19.1. The molecule has 5 heteroatoms. The molecule has 2 aromatic carbocycles. The molecule has 1 atom stereocenters. The lowest BCUT2D eigenvalue weighted by molar-refractivity contribution is 0.444. The van der Waals surface area contributed by atoms with E-state index in [0.717, 1.165) is 46.9 Å². The summed E-state index contributed by atoms with van der Waals surface area (Å²) in [4.78, 5) is 7.41. The predicted octanol–water partition coefficient (Wildman–Crippen LogP) is 5.97. The summed E-state index contributed by atoms with van der Waals surface area (Å²) < 4.78 is 15.3. The number of halogens is 1. The van der Waals surface area contributed by atoms with E-state index in [1.807, 2.05) is 28.8 Å². The monoisotopic (exact) mass is 400 g/mol. The molecular formula is C25H25FN4. The summed E-state index contributed by atoms with van der Waals surface area (Å²) in [5.41, 5.74) is 4.55. The molecule has 4 aromatic rings. The average molecular weight is 401 g/mol. The van der Waals surface area contributed by atoms with Crippen molar-refractivity contribution < 1.29 is 4.39 Å². The van der Waals surface area contributed by atoms with Crippen LogP contribution in [0.15, 0.2) is 66.7 Å². The van der Waals surface area contributed by atoms with Gasteiger partial charge in [-0.3, -0.25) is 0 Å². The molecule has 1 unspecified atom stereocenters. The van der Waals surface area contributed by atoms with E-state index in [0.29, 0.717) is 6.04 Å². The minimum absolute atomic E-state index is 0.244. The zero-order valence-corrected chi connectivity index (χ0v) is 17.1. The number of hydrogen-bond donors (Lipinski definition) is 0. The maximum atomic E-state index is 13.4. The van der Waals surface area contributed by atoms with Crippen LogP contribution in [-0.2, 0) is 0 Å². The van der Waals surface area contributed by atoms with Crippen LogP contribution >= 0.6 is 0 Å². The smallest absolute Gasteiger partial charge is 0.158 e. The normalized spacial score (nSPS) is 16.9. The van der Waals surface area contributed by atoms with Crippen molar-refractivity contribution in [3.05, 3.63) is 72.5 Å². The van der Waals surface area contributed by atoms with Crippen molar-refractivity contribution in [2.75, 3.05) is 11.4 Å². The summed E-state index contributed by atoms with van der Waals surface area (Å²) >= 11 is 0. The Morgan fingerprint density at radius 1 is 0.933 bits per heavy atom.